The minimum atomic E-state index is -3.46. The van der Waals surface area contributed by atoms with Gasteiger partial charge in [0.05, 0.1) is 0 Å². The second kappa shape index (κ2) is 10.6. The number of anilines is 1. The fourth-order valence-electron chi connectivity index (χ4n) is 3.53. The summed E-state index contributed by atoms with van der Waals surface area (Å²) in [5.41, 5.74) is 1.63. The Labute approximate surface area is 192 Å². The molecule has 0 saturated carbocycles. The third-order valence-electron chi connectivity index (χ3n) is 5.36. The van der Waals surface area contributed by atoms with E-state index in [1.807, 2.05) is 4.90 Å². The Kier molecular flexibility index (Phi) is 7.36. The molecule has 3 aromatic rings. The van der Waals surface area contributed by atoms with Gasteiger partial charge in [0, 0.05) is 68.4 Å². The molecule has 1 fully saturated rings. The fourth-order valence-corrected chi connectivity index (χ4v) is 4.75. The van der Waals surface area contributed by atoms with E-state index in [2.05, 4.69) is 19.9 Å². The summed E-state index contributed by atoms with van der Waals surface area (Å²) >= 11 is 0. The van der Waals surface area contributed by atoms with Gasteiger partial charge in [-0.25, -0.2) is 32.7 Å². The van der Waals surface area contributed by atoms with Gasteiger partial charge in [-0.1, -0.05) is 18.2 Å². The predicted octanol–water partition coefficient (Wildman–Crippen LogP) is 3.06. The van der Waals surface area contributed by atoms with Crippen LogP contribution >= 0.6 is 0 Å². The summed E-state index contributed by atoms with van der Waals surface area (Å²) in [4.78, 5) is 19.1. The van der Waals surface area contributed by atoms with Crippen molar-refractivity contribution in [3.63, 3.8) is 0 Å². The lowest BCUT2D eigenvalue weighted by Crippen LogP contribution is -2.48. The van der Waals surface area contributed by atoms with Crippen molar-refractivity contribution in [3.05, 3.63) is 78.2 Å². The molecule has 172 valence electrons. The maximum Gasteiger partial charge on any atom is 0.236 e. The van der Waals surface area contributed by atoms with Gasteiger partial charge in [-0.3, -0.25) is 0 Å². The number of sulfonamides is 1. The van der Waals surface area contributed by atoms with Gasteiger partial charge in [0.15, 0.2) is 0 Å². The summed E-state index contributed by atoms with van der Waals surface area (Å²) in [5, 5.41) is 1.29. The standard InChI is InChI=1S/C23H25FN6O2S/c24-21-8-6-19(7-9-21)20-17-27-23(28-18-20)29-12-14-30(15-13-29)33(31,32)16-3-1-2-5-22-25-10-4-11-26-22/h3-4,6-11,16-18H,1-2,5,12-15H2/b16-3+. The Hall–Kier alpha value is -3.24. The van der Waals surface area contributed by atoms with Crippen LogP contribution in [0, 0.1) is 5.82 Å². The van der Waals surface area contributed by atoms with Crippen molar-refractivity contribution < 1.29 is 12.8 Å². The van der Waals surface area contributed by atoms with Crippen molar-refractivity contribution in [2.24, 2.45) is 0 Å². The van der Waals surface area contributed by atoms with Crippen LogP contribution in [-0.2, 0) is 16.4 Å². The van der Waals surface area contributed by atoms with E-state index in [4.69, 9.17) is 0 Å². The SMILES string of the molecule is O=S(=O)(/C=C/CCCc1ncccn1)N1CCN(c2ncc(-c3ccc(F)cc3)cn2)CC1. The number of halogens is 1. The molecule has 0 amide bonds. The van der Waals surface area contributed by atoms with Crippen LogP contribution in [0.5, 0.6) is 0 Å². The molecule has 0 aliphatic carbocycles. The number of nitrogens with zero attached hydrogens (tertiary/aromatic N) is 6. The molecule has 8 nitrogen and oxygen atoms in total. The molecule has 4 rings (SSSR count). The molecule has 0 spiro atoms. The Morgan fingerprint density at radius 2 is 1.58 bits per heavy atom. The van der Waals surface area contributed by atoms with Crippen LogP contribution in [-0.4, -0.2) is 58.8 Å². The first kappa shape index (κ1) is 22.9. The van der Waals surface area contributed by atoms with Crippen LogP contribution in [0.15, 0.2) is 66.6 Å². The highest BCUT2D eigenvalue weighted by Gasteiger charge is 2.26. The van der Waals surface area contributed by atoms with E-state index in [1.165, 1.54) is 21.8 Å². The zero-order valence-electron chi connectivity index (χ0n) is 18.1. The number of aromatic nitrogens is 4. The molecule has 1 aliphatic rings. The zero-order chi connectivity index (χ0) is 23.1. The van der Waals surface area contributed by atoms with Gasteiger partial charge in [0.25, 0.3) is 0 Å². The highest BCUT2D eigenvalue weighted by atomic mass is 32.2. The van der Waals surface area contributed by atoms with Crippen LogP contribution < -0.4 is 4.90 Å². The monoisotopic (exact) mass is 468 g/mol. The van der Waals surface area contributed by atoms with E-state index in [9.17, 15) is 12.8 Å². The van der Waals surface area contributed by atoms with Gasteiger partial charge in [-0.2, -0.15) is 4.31 Å². The number of benzene rings is 1. The smallest absolute Gasteiger partial charge is 0.236 e. The van der Waals surface area contributed by atoms with E-state index in [-0.39, 0.29) is 5.82 Å². The summed E-state index contributed by atoms with van der Waals surface area (Å²) in [6.45, 7) is 1.75. The van der Waals surface area contributed by atoms with Gasteiger partial charge >= 0.3 is 0 Å². The minimum absolute atomic E-state index is 0.291. The van der Waals surface area contributed by atoms with Crippen molar-refractivity contribution in [1.82, 2.24) is 24.2 Å². The molecular formula is C23H25FN6O2S. The molecule has 3 heterocycles. The van der Waals surface area contributed by atoms with Crippen LogP contribution in [0.4, 0.5) is 10.3 Å². The molecular weight excluding hydrogens is 443 g/mol. The Balaban J connectivity index is 1.26. The molecule has 1 aromatic carbocycles. The quantitative estimate of drug-likeness (QED) is 0.469. The normalized spacial score (nSPS) is 15.2. The predicted molar refractivity (Wildman–Crippen MR) is 124 cm³/mol. The lowest BCUT2D eigenvalue weighted by Gasteiger charge is -2.33. The van der Waals surface area contributed by atoms with E-state index >= 15 is 0 Å². The molecule has 0 N–H and O–H groups in total. The number of allylic oxidation sites excluding steroid dienone is 1. The van der Waals surface area contributed by atoms with E-state index in [1.54, 1.807) is 49.1 Å². The third-order valence-corrected chi connectivity index (χ3v) is 6.98. The summed E-state index contributed by atoms with van der Waals surface area (Å²) in [5.74, 6) is 1.02. The Morgan fingerprint density at radius 1 is 0.909 bits per heavy atom. The van der Waals surface area contributed by atoms with E-state index in [0.717, 1.165) is 23.4 Å². The lowest BCUT2D eigenvalue weighted by atomic mass is 10.1. The highest BCUT2D eigenvalue weighted by Crippen LogP contribution is 2.20. The van der Waals surface area contributed by atoms with Crippen LogP contribution in [0.1, 0.15) is 18.7 Å². The maximum atomic E-state index is 13.1. The molecule has 0 bridgehead atoms. The Bertz CT molecular complexity index is 1160. The van der Waals surface area contributed by atoms with Crippen molar-refractivity contribution in [1.29, 1.82) is 0 Å². The number of rotatable bonds is 8. The minimum Gasteiger partial charge on any atom is -0.338 e. The second-order valence-corrected chi connectivity index (χ2v) is 9.46. The molecule has 10 heteroatoms. The van der Waals surface area contributed by atoms with Crippen LogP contribution in [0.25, 0.3) is 11.1 Å². The molecule has 2 aromatic heterocycles. The van der Waals surface area contributed by atoms with Gasteiger partial charge < -0.3 is 4.90 Å². The van der Waals surface area contributed by atoms with Crippen molar-refractivity contribution in [2.75, 3.05) is 31.1 Å². The van der Waals surface area contributed by atoms with Gasteiger partial charge in [-0.05, 0) is 36.6 Å². The van der Waals surface area contributed by atoms with Crippen molar-refractivity contribution in [3.8, 4) is 11.1 Å². The second-order valence-electron chi connectivity index (χ2n) is 7.64. The molecule has 1 saturated heterocycles. The largest absolute Gasteiger partial charge is 0.338 e. The Morgan fingerprint density at radius 3 is 2.24 bits per heavy atom. The molecule has 0 unspecified atom stereocenters. The highest BCUT2D eigenvalue weighted by molar-refractivity contribution is 7.92. The molecule has 33 heavy (non-hydrogen) atoms. The van der Waals surface area contributed by atoms with Gasteiger partial charge in [0.2, 0.25) is 16.0 Å². The fraction of sp³-hybridized carbons (Fsp3) is 0.304. The number of hydrogen-bond donors (Lipinski definition) is 0. The average molecular weight is 469 g/mol. The van der Waals surface area contributed by atoms with Crippen LogP contribution in [0.3, 0.4) is 0 Å². The molecule has 0 radical (unpaired) electrons. The maximum absolute atomic E-state index is 13.1. The third kappa shape index (κ3) is 6.17. The summed E-state index contributed by atoms with van der Waals surface area (Å²) in [6, 6.07) is 7.93. The first-order chi connectivity index (χ1) is 16.0. The zero-order valence-corrected chi connectivity index (χ0v) is 18.9. The molecule has 1 aliphatic heterocycles. The summed E-state index contributed by atoms with van der Waals surface area (Å²) < 4.78 is 39.8. The summed E-state index contributed by atoms with van der Waals surface area (Å²) in [7, 11) is -3.46. The first-order valence-corrected chi connectivity index (χ1v) is 12.3. The van der Waals surface area contributed by atoms with E-state index < -0.39 is 10.0 Å². The number of aryl methyl sites for hydroxylation is 1. The van der Waals surface area contributed by atoms with Crippen LogP contribution in [0.2, 0.25) is 0 Å². The molecule has 0 atom stereocenters. The van der Waals surface area contributed by atoms with E-state index in [0.29, 0.717) is 45.0 Å². The topological polar surface area (TPSA) is 92.2 Å². The van der Waals surface area contributed by atoms with Crippen molar-refractivity contribution in [2.45, 2.75) is 19.3 Å². The average Bonchev–Trinajstić information content (AvgIpc) is 2.85. The number of hydrogen-bond acceptors (Lipinski definition) is 7. The summed E-state index contributed by atoms with van der Waals surface area (Å²) in [6.07, 6.45) is 10.6. The van der Waals surface area contributed by atoms with Crippen molar-refractivity contribution >= 4 is 16.0 Å². The number of piperazine rings is 1. The van der Waals surface area contributed by atoms with Gasteiger partial charge in [0.1, 0.15) is 11.6 Å². The van der Waals surface area contributed by atoms with Gasteiger partial charge in [-0.15, -0.1) is 0 Å². The first-order valence-electron chi connectivity index (χ1n) is 10.8. The lowest BCUT2D eigenvalue weighted by molar-refractivity contribution is 0.387. The number of unbranched alkanes of at least 4 members (excludes halogenated alkanes) is 1.